The summed E-state index contributed by atoms with van der Waals surface area (Å²) < 4.78 is 6.96. The van der Waals surface area contributed by atoms with E-state index in [0.29, 0.717) is 28.7 Å². The highest BCUT2D eigenvalue weighted by Gasteiger charge is 2.63. The number of hydrogen-bond donors (Lipinski definition) is 0. The SMILES string of the molecule is C[C@@H]1[C@H]2C[C@@H](C[C@H]1B(O[C@H](C)[C@@H](C)Br)[C@@H]1C[C@@H]3C[C@H]([C@H]1C)C3(C)C)C2(C)C. The monoisotopic (exact) mass is 436 g/mol. The van der Waals surface area contributed by atoms with Gasteiger partial charge in [-0.25, -0.2) is 0 Å². The summed E-state index contributed by atoms with van der Waals surface area (Å²) in [4.78, 5) is 0.426. The van der Waals surface area contributed by atoms with Gasteiger partial charge in [0.25, 0.3) is 6.92 Å². The Morgan fingerprint density at radius 3 is 1.52 bits per heavy atom. The van der Waals surface area contributed by atoms with Crippen molar-refractivity contribution in [2.45, 2.75) is 104 Å². The number of alkyl halides is 1. The number of halogens is 1. The minimum Gasteiger partial charge on any atom is -0.432 e. The van der Waals surface area contributed by atoms with E-state index in [0.717, 1.165) is 47.1 Å². The van der Waals surface area contributed by atoms with Gasteiger partial charge in [-0.1, -0.05) is 77.2 Å². The predicted molar refractivity (Wildman–Crippen MR) is 121 cm³/mol. The van der Waals surface area contributed by atoms with Crippen molar-refractivity contribution in [3.63, 3.8) is 0 Å². The molecule has 6 aliphatic rings. The molecule has 154 valence electrons. The molecule has 0 aromatic rings. The molecule has 0 aromatic heterocycles. The zero-order chi connectivity index (χ0) is 19.9. The van der Waals surface area contributed by atoms with E-state index in [1.165, 1.54) is 25.7 Å². The van der Waals surface area contributed by atoms with Gasteiger partial charge in [0.1, 0.15) is 0 Å². The summed E-state index contributed by atoms with van der Waals surface area (Å²) in [5.41, 5.74) is 1.13. The molecule has 0 spiro atoms. The molecule has 0 saturated heterocycles. The fourth-order valence-electron chi connectivity index (χ4n) is 8.12. The molecule has 1 nitrogen and oxygen atoms in total. The minimum absolute atomic E-state index is 0.298. The van der Waals surface area contributed by atoms with E-state index in [1.807, 2.05) is 0 Å². The Kier molecular flexibility index (Phi) is 5.20. The van der Waals surface area contributed by atoms with Gasteiger partial charge in [-0.15, -0.1) is 0 Å². The van der Waals surface area contributed by atoms with Crippen molar-refractivity contribution in [1.82, 2.24) is 0 Å². The molecule has 10 atom stereocenters. The van der Waals surface area contributed by atoms with Gasteiger partial charge in [-0.05, 0) is 77.7 Å². The van der Waals surface area contributed by atoms with Gasteiger partial charge in [0, 0.05) is 10.9 Å². The van der Waals surface area contributed by atoms with E-state index in [4.69, 9.17) is 4.65 Å². The van der Waals surface area contributed by atoms with Crippen LogP contribution >= 0.6 is 15.9 Å². The second kappa shape index (κ2) is 6.76. The fourth-order valence-corrected chi connectivity index (χ4v) is 8.25. The molecule has 27 heavy (non-hydrogen) atoms. The van der Waals surface area contributed by atoms with Crippen LogP contribution in [-0.4, -0.2) is 17.8 Å². The first kappa shape index (κ1) is 20.8. The topological polar surface area (TPSA) is 9.23 Å². The third-order valence-electron chi connectivity index (χ3n) is 10.7. The van der Waals surface area contributed by atoms with Gasteiger partial charge >= 0.3 is 0 Å². The first-order chi connectivity index (χ1) is 12.5. The molecule has 6 aliphatic carbocycles. The van der Waals surface area contributed by atoms with Gasteiger partial charge in [-0.3, -0.25) is 0 Å². The highest BCUT2D eigenvalue weighted by Crippen LogP contribution is 2.69. The van der Waals surface area contributed by atoms with Crippen molar-refractivity contribution in [2.24, 2.45) is 46.3 Å². The molecule has 0 radical (unpaired) electrons. The first-order valence-electron chi connectivity index (χ1n) is 11.8. The summed E-state index contributed by atoms with van der Waals surface area (Å²) in [6, 6.07) is 0. The molecule has 6 rings (SSSR count). The lowest BCUT2D eigenvalue weighted by molar-refractivity contribution is -0.112. The van der Waals surface area contributed by atoms with Crippen LogP contribution in [0.15, 0.2) is 0 Å². The standard InChI is InChI=1S/C24H42BBrO/c1-13-19-9-17(23(19,5)6)11-21(13)25(27-16(4)15(3)26)22-12-18-10-20(14(22)2)24(18,7)8/h13-22H,9-12H2,1-8H3/t13-,14-,15-,16-,17+,18+,19-,20-,21-,22-/m1/s1. The van der Waals surface area contributed by atoms with Crippen molar-refractivity contribution in [2.75, 3.05) is 0 Å². The summed E-state index contributed by atoms with van der Waals surface area (Å²) >= 11 is 3.80. The fraction of sp³-hybridized carbons (Fsp3) is 1.00. The molecule has 0 amide bonds. The normalized spacial score (nSPS) is 48.8. The van der Waals surface area contributed by atoms with Crippen molar-refractivity contribution in [3.05, 3.63) is 0 Å². The first-order valence-corrected chi connectivity index (χ1v) is 12.7. The van der Waals surface area contributed by atoms with Gasteiger partial charge < -0.3 is 4.65 Å². The highest BCUT2D eigenvalue weighted by atomic mass is 79.9. The largest absolute Gasteiger partial charge is 0.432 e. The Balaban J connectivity index is 1.57. The van der Waals surface area contributed by atoms with Crippen LogP contribution in [0.25, 0.3) is 0 Å². The van der Waals surface area contributed by atoms with Crippen molar-refractivity contribution >= 4 is 22.8 Å². The Hall–Kier alpha value is 0.505. The quantitative estimate of drug-likeness (QED) is 0.324. The maximum Gasteiger partial charge on any atom is 0.300 e. The number of fused-ring (bicyclic) bond motifs is 4. The molecule has 0 heterocycles. The summed E-state index contributed by atoms with van der Waals surface area (Å²) in [6.07, 6.45) is 6.05. The van der Waals surface area contributed by atoms with Crippen LogP contribution < -0.4 is 0 Å². The van der Waals surface area contributed by atoms with Crippen LogP contribution in [0.1, 0.15) is 81.1 Å². The maximum absolute atomic E-state index is 6.96. The van der Waals surface area contributed by atoms with Crippen LogP contribution in [0.3, 0.4) is 0 Å². The summed E-state index contributed by atoms with van der Waals surface area (Å²) in [5.74, 6) is 6.83. The van der Waals surface area contributed by atoms with E-state index in [1.54, 1.807) is 0 Å². The number of rotatable bonds is 5. The molecular weight excluding hydrogens is 395 g/mol. The Labute approximate surface area is 177 Å². The second-order valence-corrected chi connectivity index (χ2v) is 13.7. The lowest BCUT2D eigenvalue weighted by Crippen LogP contribution is -2.60. The van der Waals surface area contributed by atoms with Crippen molar-refractivity contribution in [1.29, 1.82) is 0 Å². The van der Waals surface area contributed by atoms with Gasteiger partial charge in [-0.2, -0.15) is 0 Å². The molecule has 6 saturated carbocycles. The van der Waals surface area contributed by atoms with Gasteiger partial charge in [0.05, 0.1) is 0 Å². The average Bonchev–Trinajstić information content (AvgIpc) is 2.59. The van der Waals surface area contributed by atoms with E-state index in [2.05, 4.69) is 71.3 Å². The molecule has 0 N–H and O–H groups in total. The molecule has 4 bridgehead atoms. The lowest BCUT2D eigenvalue weighted by Gasteiger charge is -2.66. The van der Waals surface area contributed by atoms with Gasteiger partial charge in [0.15, 0.2) is 0 Å². The van der Waals surface area contributed by atoms with E-state index < -0.39 is 0 Å². The van der Waals surface area contributed by atoms with Crippen molar-refractivity contribution < 1.29 is 4.65 Å². The average molecular weight is 437 g/mol. The molecule has 6 fully saturated rings. The zero-order valence-electron chi connectivity index (χ0n) is 19.0. The lowest BCUT2D eigenvalue weighted by atomic mass is 9.27. The molecular formula is C24H42BBrO. The smallest absolute Gasteiger partial charge is 0.300 e. The van der Waals surface area contributed by atoms with Gasteiger partial charge in [0.2, 0.25) is 0 Å². The van der Waals surface area contributed by atoms with Crippen LogP contribution in [0.4, 0.5) is 0 Å². The number of hydrogen-bond acceptors (Lipinski definition) is 1. The Morgan fingerprint density at radius 1 is 0.815 bits per heavy atom. The molecule has 0 unspecified atom stereocenters. The summed E-state index contributed by atoms with van der Waals surface area (Å²) in [5, 5.41) is 0. The molecule has 0 aromatic carbocycles. The summed E-state index contributed by atoms with van der Waals surface area (Å²) in [7, 11) is 0. The Morgan fingerprint density at radius 2 is 1.22 bits per heavy atom. The highest BCUT2D eigenvalue weighted by molar-refractivity contribution is 9.09. The predicted octanol–water partition coefficient (Wildman–Crippen LogP) is 7.31. The van der Waals surface area contributed by atoms with Crippen LogP contribution in [0.5, 0.6) is 0 Å². The molecule has 3 heteroatoms. The minimum atomic E-state index is 0.298. The Bertz CT molecular complexity index is 531. The molecule has 0 aliphatic heterocycles. The summed E-state index contributed by atoms with van der Waals surface area (Å²) in [6.45, 7) is 20.2. The van der Waals surface area contributed by atoms with Crippen molar-refractivity contribution in [3.8, 4) is 0 Å². The third kappa shape index (κ3) is 3.03. The van der Waals surface area contributed by atoms with Crippen LogP contribution in [0, 0.1) is 46.3 Å². The van der Waals surface area contributed by atoms with E-state index in [-0.39, 0.29) is 0 Å². The maximum atomic E-state index is 6.96. The zero-order valence-corrected chi connectivity index (χ0v) is 20.6. The van der Waals surface area contributed by atoms with E-state index in [9.17, 15) is 0 Å². The second-order valence-electron chi connectivity index (χ2n) is 12.2. The van der Waals surface area contributed by atoms with E-state index >= 15 is 0 Å². The van der Waals surface area contributed by atoms with Crippen LogP contribution in [0.2, 0.25) is 11.6 Å². The van der Waals surface area contributed by atoms with Crippen LogP contribution in [-0.2, 0) is 4.65 Å². The third-order valence-corrected chi connectivity index (χ3v) is 11.4.